The molecule has 0 amide bonds. The third-order valence-electron chi connectivity index (χ3n) is 3.53. The fraction of sp³-hybridized carbons (Fsp3) is 1.00. The smallest absolute Gasteiger partial charge is 0.0781 e. The SMILES string of the molecule is CC1CNCCN(CC2(C)CCCO2)C1. The van der Waals surface area contributed by atoms with Crippen molar-refractivity contribution in [2.45, 2.75) is 32.3 Å². The number of nitrogens with zero attached hydrogens (tertiary/aromatic N) is 1. The molecule has 0 aromatic rings. The first-order valence-electron chi connectivity index (χ1n) is 6.25. The lowest BCUT2D eigenvalue weighted by molar-refractivity contribution is -0.00934. The molecule has 3 heteroatoms. The predicted octanol–water partition coefficient (Wildman–Crippen LogP) is 1.10. The van der Waals surface area contributed by atoms with Crippen LogP contribution in [0.25, 0.3) is 0 Å². The molecule has 2 aliphatic heterocycles. The van der Waals surface area contributed by atoms with E-state index >= 15 is 0 Å². The van der Waals surface area contributed by atoms with E-state index in [1.807, 2.05) is 0 Å². The summed E-state index contributed by atoms with van der Waals surface area (Å²) in [6, 6.07) is 0. The van der Waals surface area contributed by atoms with Crippen LogP contribution in [0.5, 0.6) is 0 Å². The van der Waals surface area contributed by atoms with E-state index in [0.717, 1.165) is 32.2 Å². The Kier molecular flexibility index (Phi) is 3.65. The van der Waals surface area contributed by atoms with Gasteiger partial charge in [-0.2, -0.15) is 0 Å². The van der Waals surface area contributed by atoms with Crippen LogP contribution < -0.4 is 5.32 Å². The molecule has 15 heavy (non-hydrogen) atoms. The quantitative estimate of drug-likeness (QED) is 0.742. The zero-order valence-corrected chi connectivity index (χ0v) is 10.1. The topological polar surface area (TPSA) is 24.5 Å². The molecule has 2 rings (SSSR count). The van der Waals surface area contributed by atoms with E-state index in [0.29, 0.717) is 0 Å². The number of ether oxygens (including phenoxy) is 1. The van der Waals surface area contributed by atoms with Gasteiger partial charge in [0.05, 0.1) is 5.60 Å². The highest BCUT2D eigenvalue weighted by molar-refractivity contribution is 4.85. The van der Waals surface area contributed by atoms with Crippen LogP contribution in [0.4, 0.5) is 0 Å². The molecule has 0 aliphatic carbocycles. The lowest BCUT2D eigenvalue weighted by Gasteiger charge is -2.31. The molecule has 88 valence electrons. The highest BCUT2D eigenvalue weighted by Gasteiger charge is 2.32. The Bertz CT molecular complexity index is 202. The monoisotopic (exact) mass is 212 g/mol. The van der Waals surface area contributed by atoms with Gasteiger partial charge in [-0.1, -0.05) is 6.92 Å². The van der Waals surface area contributed by atoms with Crippen LogP contribution in [-0.2, 0) is 4.74 Å². The van der Waals surface area contributed by atoms with Gasteiger partial charge in [-0.25, -0.2) is 0 Å². The van der Waals surface area contributed by atoms with Crippen molar-refractivity contribution in [1.29, 1.82) is 0 Å². The van der Waals surface area contributed by atoms with E-state index in [9.17, 15) is 0 Å². The van der Waals surface area contributed by atoms with Gasteiger partial charge in [-0.15, -0.1) is 0 Å². The minimum Gasteiger partial charge on any atom is -0.374 e. The van der Waals surface area contributed by atoms with E-state index in [-0.39, 0.29) is 5.60 Å². The molecule has 0 aromatic carbocycles. The summed E-state index contributed by atoms with van der Waals surface area (Å²) in [5.41, 5.74) is 0.129. The van der Waals surface area contributed by atoms with Crippen LogP contribution >= 0.6 is 0 Å². The third-order valence-corrected chi connectivity index (χ3v) is 3.53. The van der Waals surface area contributed by atoms with Crippen molar-refractivity contribution in [3.8, 4) is 0 Å². The fourth-order valence-electron chi connectivity index (χ4n) is 2.76. The molecule has 0 radical (unpaired) electrons. The van der Waals surface area contributed by atoms with Crippen molar-refractivity contribution >= 4 is 0 Å². The second kappa shape index (κ2) is 4.81. The minimum absolute atomic E-state index is 0.129. The van der Waals surface area contributed by atoms with E-state index in [1.54, 1.807) is 0 Å². The highest BCUT2D eigenvalue weighted by atomic mass is 16.5. The Labute approximate surface area is 93.2 Å². The lowest BCUT2D eigenvalue weighted by atomic mass is 10.0. The summed E-state index contributed by atoms with van der Waals surface area (Å²) in [5.74, 6) is 0.762. The minimum atomic E-state index is 0.129. The molecule has 2 atom stereocenters. The van der Waals surface area contributed by atoms with E-state index < -0.39 is 0 Å². The van der Waals surface area contributed by atoms with Crippen molar-refractivity contribution in [3.63, 3.8) is 0 Å². The first-order valence-corrected chi connectivity index (χ1v) is 6.25. The van der Waals surface area contributed by atoms with Crippen molar-refractivity contribution in [1.82, 2.24) is 10.2 Å². The summed E-state index contributed by atoms with van der Waals surface area (Å²) >= 11 is 0. The number of hydrogen-bond donors (Lipinski definition) is 1. The summed E-state index contributed by atoms with van der Waals surface area (Å²) in [5, 5.41) is 3.48. The Balaban J connectivity index is 1.86. The third kappa shape index (κ3) is 3.16. The van der Waals surface area contributed by atoms with Gasteiger partial charge in [0.25, 0.3) is 0 Å². The Morgan fingerprint density at radius 1 is 1.53 bits per heavy atom. The highest BCUT2D eigenvalue weighted by Crippen LogP contribution is 2.26. The van der Waals surface area contributed by atoms with Gasteiger partial charge in [-0.05, 0) is 32.2 Å². The largest absolute Gasteiger partial charge is 0.374 e. The fourth-order valence-corrected chi connectivity index (χ4v) is 2.76. The van der Waals surface area contributed by atoms with E-state index in [2.05, 4.69) is 24.1 Å². The molecular weight excluding hydrogens is 188 g/mol. The zero-order valence-electron chi connectivity index (χ0n) is 10.1. The standard InChI is InChI=1S/C12H24N2O/c1-11-8-13-5-6-14(9-11)10-12(2)4-3-7-15-12/h11,13H,3-10H2,1-2H3. The molecule has 1 N–H and O–H groups in total. The molecule has 2 heterocycles. The van der Waals surface area contributed by atoms with Crippen LogP contribution in [0.15, 0.2) is 0 Å². The van der Waals surface area contributed by atoms with Crippen molar-refractivity contribution in [2.24, 2.45) is 5.92 Å². The summed E-state index contributed by atoms with van der Waals surface area (Å²) in [6.45, 7) is 11.3. The van der Waals surface area contributed by atoms with Crippen molar-refractivity contribution < 1.29 is 4.74 Å². The number of nitrogens with one attached hydrogen (secondary N) is 1. The molecule has 3 nitrogen and oxygen atoms in total. The zero-order chi connectivity index (χ0) is 10.7. The van der Waals surface area contributed by atoms with Crippen LogP contribution in [0, 0.1) is 5.92 Å². The number of rotatable bonds is 2. The normalized spacial score (nSPS) is 39.2. The van der Waals surface area contributed by atoms with Crippen LogP contribution in [-0.4, -0.2) is 49.8 Å². The summed E-state index contributed by atoms with van der Waals surface area (Å²) in [7, 11) is 0. The van der Waals surface area contributed by atoms with Crippen LogP contribution in [0.1, 0.15) is 26.7 Å². The second-order valence-electron chi connectivity index (χ2n) is 5.45. The molecule has 0 aromatic heterocycles. The van der Waals surface area contributed by atoms with Gasteiger partial charge in [0.15, 0.2) is 0 Å². The Morgan fingerprint density at radius 2 is 2.40 bits per heavy atom. The lowest BCUT2D eigenvalue weighted by Crippen LogP contribution is -2.42. The molecule has 2 aliphatic rings. The van der Waals surface area contributed by atoms with Crippen LogP contribution in [0.3, 0.4) is 0 Å². The maximum absolute atomic E-state index is 5.86. The maximum atomic E-state index is 5.86. The Morgan fingerprint density at radius 3 is 3.13 bits per heavy atom. The molecule has 2 fully saturated rings. The van der Waals surface area contributed by atoms with Gasteiger partial charge in [0.1, 0.15) is 0 Å². The van der Waals surface area contributed by atoms with Gasteiger partial charge < -0.3 is 10.1 Å². The maximum Gasteiger partial charge on any atom is 0.0781 e. The number of hydrogen-bond acceptors (Lipinski definition) is 3. The molecule has 0 saturated carbocycles. The summed E-state index contributed by atoms with van der Waals surface area (Å²) < 4.78 is 5.86. The summed E-state index contributed by atoms with van der Waals surface area (Å²) in [4.78, 5) is 2.57. The average Bonchev–Trinajstić information content (AvgIpc) is 2.49. The predicted molar refractivity (Wildman–Crippen MR) is 62.1 cm³/mol. The van der Waals surface area contributed by atoms with E-state index in [1.165, 1.54) is 25.9 Å². The van der Waals surface area contributed by atoms with Gasteiger partial charge in [0.2, 0.25) is 0 Å². The van der Waals surface area contributed by atoms with E-state index in [4.69, 9.17) is 4.74 Å². The van der Waals surface area contributed by atoms with Gasteiger partial charge in [-0.3, -0.25) is 4.90 Å². The van der Waals surface area contributed by atoms with Crippen molar-refractivity contribution in [3.05, 3.63) is 0 Å². The average molecular weight is 212 g/mol. The Hall–Kier alpha value is -0.120. The van der Waals surface area contributed by atoms with Crippen molar-refractivity contribution in [2.75, 3.05) is 39.3 Å². The molecule has 2 unspecified atom stereocenters. The molecule has 2 saturated heterocycles. The molecule has 0 spiro atoms. The van der Waals surface area contributed by atoms with Gasteiger partial charge >= 0.3 is 0 Å². The molecule has 0 bridgehead atoms. The molecular formula is C12H24N2O. The first-order chi connectivity index (χ1) is 7.18. The van der Waals surface area contributed by atoms with Gasteiger partial charge in [0, 0.05) is 32.8 Å². The summed E-state index contributed by atoms with van der Waals surface area (Å²) in [6.07, 6.45) is 2.46. The van der Waals surface area contributed by atoms with Crippen LogP contribution in [0.2, 0.25) is 0 Å². The second-order valence-corrected chi connectivity index (χ2v) is 5.45. The first kappa shape index (κ1) is 11.4.